The van der Waals surface area contributed by atoms with E-state index in [2.05, 4.69) is 47.8 Å². The van der Waals surface area contributed by atoms with E-state index in [9.17, 15) is 4.79 Å². The summed E-state index contributed by atoms with van der Waals surface area (Å²) < 4.78 is 3.00. The van der Waals surface area contributed by atoms with Crippen LogP contribution in [0.5, 0.6) is 0 Å². The smallest absolute Gasteiger partial charge is 0.192 e. The van der Waals surface area contributed by atoms with E-state index in [1.54, 1.807) is 12.4 Å². The molecule has 0 saturated heterocycles. The van der Waals surface area contributed by atoms with Crippen LogP contribution in [-0.2, 0) is 6.54 Å². The van der Waals surface area contributed by atoms with Crippen molar-refractivity contribution >= 4 is 33.5 Å². The third-order valence-corrected chi connectivity index (χ3v) is 6.23. The molecule has 0 fully saturated rings. The molecule has 0 saturated carbocycles. The molecule has 0 N–H and O–H groups in total. The Labute approximate surface area is 187 Å². The molecule has 4 aromatic rings. The quantitative estimate of drug-likeness (QED) is 0.258. The summed E-state index contributed by atoms with van der Waals surface area (Å²) in [7, 11) is 0. The zero-order valence-corrected chi connectivity index (χ0v) is 18.7. The fraction of sp³-hybridized carbons (Fsp3) is 0.130. The summed E-state index contributed by atoms with van der Waals surface area (Å²) in [5.74, 6) is 0.819. The van der Waals surface area contributed by atoms with Gasteiger partial charge in [-0.1, -0.05) is 70.2 Å². The lowest BCUT2D eigenvalue weighted by molar-refractivity contribution is 0.0994. The molecule has 0 bridgehead atoms. The summed E-state index contributed by atoms with van der Waals surface area (Å²) in [5.41, 5.74) is 2.76. The van der Waals surface area contributed by atoms with Gasteiger partial charge < -0.3 is 0 Å². The molecule has 0 radical (unpaired) electrons. The highest BCUT2D eigenvalue weighted by Crippen LogP contribution is 2.29. The van der Waals surface area contributed by atoms with Gasteiger partial charge in [-0.3, -0.25) is 14.3 Å². The minimum absolute atomic E-state index is 0.0622. The average Bonchev–Trinajstić information content (AvgIpc) is 3.17. The Morgan fingerprint density at radius 2 is 1.70 bits per heavy atom. The van der Waals surface area contributed by atoms with Crippen LogP contribution in [0.4, 0.5) is 0 Å². The number of pyridine rings is 1. The molecule has 0 aliphatic rings. The molecular formula is C23H19BrN4OS. The van der Waals surface area contributed by atoms with E-state index in [4.69, 9.17) is 0 Å². The minimum atomic E-state index is -0.296. The summed E-state index contributed by atoms with van der Waals surface area (Å²) in [6.45, 7) is 2.52. The molecule has 2 aromatic heterocycles. The first kappa shape index (κ1) is 20.5. The van der Waals surface area contributed by atoms with E-state index in [0.29, 0.717) is 17.3 Å². The van der Waals surface area contributed by atoms with Crippen LogP contribution in [0.3, 0.4) is 0 Å². The largest absolute Gasteiger partial charge is 0.298 e. The fourth-order valence-corrected chi connectivity index (χ4v) is 4.25. The van der Waals surface area contributed by atoms with Gasteiger partial charge in [0.05, 0.1) is 11.8 Å². The minimum Gasteiger partial charge on any atom is -0.298 e. The molecule has 0 spiro atoms. The Kier molecular flexibility index (Phi) is 6.40. The molecule has 0 amide bonds. The third kappa shape index (κ3) is 4.68. The number of Topliss-reactive ketones (excluding diaryl/α,β-unsaturated/α-hetero) is 1. The normalized spacial score (nSPS) is 11.9. The van der Waals surface area contributed by atoms with E-state index in [0.717, 1.165) is 21.4 Å². The number of halogens is 1. The monoisotopic (exact) mass is 478 g/mol. The van der Waals surface area contributed by atoms with Crippen LogP contribution in [0.1, 0.15) is 22.8 Å². The second-order valence-corrected chi connectivity index (χ2v) is 8.97. The number of thioether (sulfide) groups is 1. The van der Waals surface area contributed by atoms with Gasteiger partial charge in [-0.2, -0.15) is 0 Å². The van der Waals surface area contributed by atoms with Crippen LogP contribution >= 0.6 is 27.7 Å². The molecular weight excluding hydrogens is 460 g/mol. The Hall–Kier alpha value is -2.77. The molecule has 30 heavy (non-hydrogen) atoms. The predicted molar refractivity (Wildman–Crippen MR) is 123 cm³/mol. The van der Waals surface area contributed by atoms with Gasteiger partial charge in [0, 0.05) is 28.0 Å². The van der Waals surface area contributed by atoms with Crippen LogP contribution < -0.4 is 0 Å². The highest BCUT2D eigenvalue weighted by atomic mass is 79.9. The summed E-state index contributed by atoms with van der Waals surface area (Å²) >= 11 is 4.83. The number of hydrogen-bond donors (Lipinski definition) is 0. The topological polar surface area (TPSA) is 60.7 Å². The van der Waals surface area contributed by atoms with E-state index in [-0.39, 0.29) is 11.0 Å². The molecule has 7 heteroatoms. The summed E-state index contributed by atoms with van der Waals surface area (Å²) in [5, 5.41) is 9.26. The van der Waals surface area contributed by atoms with Crippen molar-refractivity contribution < 1.29 is 4.79 Å². The van der Waals surface area contributed by atoms with Crippen LogP contribution in [0.15, 0.2) is 88.8 Å². The molecule has 1 atom stereocenters. The maximum Gasteiger partial charge on any atom is 0.192 e. The second kappa shape index (κ2) is 9.36. The van der Waals surface area contributed by atoms with Gasteiger partial charge in [0.25, 0.3) is 0 Å². The zero-order chi connectivity index (χ0) is 20.9. The van der Waals surface area contributed by atoms with Crippen molar-refractivity contribution in [2.45, 2.75) is 23.9 Å². The molecule has 4 rings (SSSR count). The lowest BCUT2D eigenvalue weighted by atomic mass is 10.1. The van der Waals surface area contributed by atoms with E-state index in [1.807, 2.05) is 61.5 Å². The Balaban J connectivity index is 1.64. The highest BCUT2D eigenvalue weighted by molar-refractivity contribution is 9.10. The summed E-state index contributed by atoms with van der Waals surface area (Å²) in [4.78, 5) is 17.0. The first-order valence-electron chi connectivity index (χ1n) is 9.46. The first-order chi connectivity index (χ1) is 14.6. The lowest BCUT2D eigenvalue weighted by Gasteiger charge is -2.13. The molecule has 1 unspecified atom stereocenters. The Morgan fingerprint density at radius 1 is 1.00 bits per heavy atom. The number of ketones is 1. The summed E-state index contributed by atoms with van der Waals surface area (Å²) in [6, 6.07) is 21.4. The maximum atomic E-state index is 12.9. The van der Waals surface area contributed by atoms with Gasteiger partial charge in [-0.05, 0) is 36.8 Å². The number of benzene rings is 2. The van der Waals surface area contributed by atoms with Crippen molar-refractivity contribution in [2.24, 2.45) is 0 Å². The molecule has 0 aliphatic carbocycles. The molecule has 5 nitrogen and oxygen atoms in total. The van der Waals surface area contributed by atoms with E-state index in [1.165, 1.54) is 11.8 Å². The van der Waals surface area contributed by atoms with Crippen molar-refractivity contribution in [2.75, 3.05) is 0 Å². The standard InChI is InChI=1S/C23H19BrN4OS/c1-16(21(29)18-7-9-20(24)10-8-18)30-23-27-26-22(19-11-13-25-14-12-19)28(23)15-17-5-3-2-4-6-17/h2-14,16H,15H2,1H3. The second-order valence-electron chi connectivity index (χ2n) is 6.75. The number of carbonyl (C=O) groups excluding carboxylic acids is 1. The fourth-order valence-electron chi connectivity index (χ4n) is 3.06. The van der Waals surface area contributed by atoms with Gasteiger partial charge in [0.15, 0.2) is 16.8 Å². The van der Waals surface area contributed by atoms with Crippen molar-refractivity contribution in [1.29, 1.82) is 0 Å². The van der Waals surface area contributed by atoms with Crippen LogP contribution in [0.2, 0.25) is 0 Å². The number of carbonyl (C=O) groups is 1. The molecule has 2 heterocycles. The van der Waals surface area contributed by atoms with Gasteiger partial charge in [-0.25, -0.2) is 0 Å². The average molecular weight is 479 g/mol. The van der Waals surface area contributed by atoms with Crippen molar-refractivity contribution in [1.82, 2.24) is 19.7 Å². The lowest BCUT2D eigenvalue weighted by Crippen LogP contribution is -2.15. The van der Waals surface area contributed by atoms with Gasteiger partial charge in [0.1, 0.15) is 0 Å². The SMILES string of the molecule is CC(Sc1nnc(-c2ccncc2)n1Cc1ccccc1)C(=O)c1ccc(Br)cc1. The number of hydrogen-bond acceptors (Lipinski definition) is 5. The van der Waals surface area contributed by atoms with E-state index >= 15 is 0 Å². The first-order valence-corrected chi connectivity index (χ1v) is 11.1. The Morgan fingerprint density at radius 3 is 2.40 bits per heavy atom. The third-order valence-electron chi connectivity index (χ3n) is 4.62. The zero-order valence-electron chi connectivity index (χ0n) is 16.3. The maximum absolute atomic E-state index is 12.9. The molecule has 2 aromatic carbocycles. The van der Waals surface area contributed by atoms with Crippen LogP contribution in [-0.4, -0.2) is 30.8 Å². The van der Waals surface area contributed by atoms with Crippen LogP contribution in [0, 0.1) is 0 Å². The molecule has 150 valence electrons. The van der Waals surface area contributed by atoms with Gasteiger partial charge in [0.2, 0.25) is 0 Å². The Bertz CT molecular complexity index is 1130. The van der Waals surface area contributed by atoms with Gasteiger partial charge in [-0.15, -0.1) is 10.2 Å². The van der Waals surface area contributed by atoms with Crippen molar-refractivity contribution in [3.63, 3.8) is 0 Å². The molecule has 0 aliphatic heterocycles. The number of rotatable bonds is 7. The van der Waals surface area contributed by atoms with Crippen molar-refractivity contribution in [3.05, 3.63) is 94.7 Å². The number of aromatic nitrogens is 4. The predicted octanol–water partition coefficient (Wildman–Crippen LogP) is 5.51. The van der Waals surface area contributed by atoms with Crippen molar-refractivity contribution in [3.8, 4) is 11.4 Å². The van der Waals surface area contributed by atoms with Gasteiger partial charge >= 0.3 is 0 Å². The van der Waals surface area contributed by atoms with Crippen LogP contribution in [0.25, 0.3) is 11.4 Å². The highest BCUT2D eigenvalue weighted by Gasteiger charge is 2.22. The summed E-state index contributed by atoms with van der Waals surface area (Å²) in [6.07, 6.45) is 3.48. The van der Waals surface area contributed by atoms with E-state index < -0.39 is 0 Å². The number of nitrogens with zero attached hydrogens (tertiary/aromatic N) is 4.